The fraction of sp³-hybridized carbons (Fsp3) is 0.481. The molecule has 1 aliphatic carbocycles. The van der Waals surface area contributed by atoms with Crippen molar-refractivity contribution in [3.05, 3.63) is 61.1 Å². The lowest BCUT2D eigenvalue weighted by molar-refractivity contribution is -0.146. The third-order valence-corrected chi connectivity index (χ3v) is 8.36. The molecule has 1 N–H and O–H groups in total. The highest BCUT2D eigenvalue weighted by Crippen LogP contribution is 2.35. The number of para-hydroxylation sites is 1. The Morgan fingerprint density at radius 1 is 1.23 bits per heavy atom. The summed E-state index contributed by atoms with van der Waals surface area (Å²) in [6.07, 6.45) is 3.28. The Balaban J connectivity index is 1.97. The van der Waals surface area contributed by atoms with Gasteiger partial charge in [0.15, 0.2) is 0 Å². The summed E-state index contributed by atoms with van der Waals surface area (Å²) < 4.78 is 39.6. The summed E-state index contributed by atoms with van der Waals surface area (Å²) in [5.74, 6) is -1.51. The molecule has 2 aromatic heterocycles. The summed E-state index contributed by atoms with van der Waals surface area (Å²) in [5.41, 5.74) is -3.03. The van der Waals surface area contributed by atoms with Crippen LogP contribution in [-0.2, 0) is 21.6 Å². The van der Waals surface area contributed by atoms with Crippen molar-refractivity contribution in [1.29, 1.82) is 5.26 Å². The maximum Gasteiger partial charge on any atom is 0.387 e. The van der Waals surface area contributed by atoms with Gasteiger partial charge in [0, 0.05) is 5.56 Å². The monoisotopic (exact) mass is 561 g/mol. The number of aliphatic carboxylic acids is 1. The van der Waals surface area contributed by atoms with Crippen LogP contribution in [0.5, 0.6) is 5.75 Å². The first-order chi connectivity index (χ1) is 18.5. The van der Waals surface area contributed by atoms with Gasteiger partial charge in [-0.3, -0.25) is 9.36 Å². The van der Waals surface area contributed by atoms with E-state index in [4.69, 9.17) is 9.47 Å². The number of carbonyl (C=O) groups is 1. The molecule has 3 aromatic rings. The number of carboxylic acids is 1. The molecule has 12 heteroatoms. The van der Waals surface area contributed by atoms with Gasteiger partial charge in [0.1, 0.15) is 33.2 Å². The number of rotatable bonds is 9. The van der Waals surface area contributed by atoms with E-state index in [9.17, 15) is 33.5 Å². The fourth-order valence-electron chi connectivity index (χ4n) is 4.97. The second-order valence-electron chi connectivity index (χ2n) is 10.0. The summed E-state index contributed by atoms with van der Waals surface area (Å²) >= 11 is 0.939. The number of alkyl halides is 2. The topological polar surface area (TPSA) is 124 Å². The number of hydrogen-bond acceptors (Lipinski definition) is 7. The van der Waals surface area contributed by atoms with E-state index in [0.29, 0.717) is 10.1 Å². The van der Waals surface area contributed by atoms with E-state index < -0.39 is 35.5 Å². The second kappa shape index (κ2) is 11.3. The van der Waals surface area contributed by atoms with Crippen molar-refractivity contribution in [3.8, 4) is 11.8 Å². The van der Waals surface area contributed by atoms with Crippen molar-refractivity contribution in [2.45, 2.75) is 83.8 Å². The van der Waals surface area contributed by atoms with Crippen LogP contribution in [0.3, 0.4) is 0 Å². The lowest BCUT2D eigenvalue weighted by Gasteiger charge is -2.30. The molecule has 208 valence electrons. The zero-order valence-electron chi connectivity index (χ0n) is 21.8. The SMILES string of the molecule is Cc1c(C#N)sc2c1c(=O)n(C(C)(C)C(=O)O)c(=O)n2CC(OC1CCCCC1)c1ccccc1OC(F)F. The number of carboxylic acid groups (broad SMARTS) is 1. The highest BCUT2D eigenvalue weighted by atomic mass is 32.1. The lowest BCUT2D eigenvalue weighted by atomic mass is 9.97. The molecule has 2 heterocycles. The molecule has 39 heavy (non-hydrogen) atoms. The fourth-order valence-corrected chi connectivity index (χ4v) is 6.07. The molecule has 0 spiro atoms. The zero-order chi connectivity index (χ0) is 28.5. The van der Waals surface area contributed by atoms with Crippen LogP contribution in [0.2, 0.25) is 0 Å². The molecule has 1 aliphatic rings. The standard InChI is InChI=1S/C27H29F2N3O6S/c1-15-20(13-30)39-23-21(15)22(33)32(27(2,3)24(34)35)26(36)31(23)14-19(37-16-9-5-4-6-10-16)17-11-7-8-12-18(17)38-25(28)29/h7-8,11-12,16,19,25H,4-6,9-10,14H2,1-3H3,(H,34,35). The van der Waals surface area contributed by atoms with Gasteiger partial charge in [-0.15, -0.1) is 11.3 Å². The van der Waals surface area contributed by atoms with Crippen LogP contribution in [0.4, 0.5) is 8.78 Å². The van der Waals surface area contributed by atoms with E-state index in [1.165, 1.54) is 24.5 Å². The van der Waals surface area contributed by atoms with Gasteiger partial charge in [-0.2, -0.15) is 14.0 Å². The number of thiophene rings is 1. The number of hydrogen-bond donors (Lipinski definition) is 1. The summed E-state index contributed by atoms with van der Waals surface area (Å²) in [5, 5.41) is 19.6. The molecule has 4 rings (SSSR count). The van der Waals surface area contributed by atoms with Crippen molar-refractivity contribution in [2.75, 3.05) is 0 Å². The van der Waals surface area contributed by atoms with E-state index in [1.54, 1.807) is 25.1 Å². The summed E-state index contributed by atoms with van der Waals surface area (Å²) in [6.45, 7) is 0.725. The first-order valence-electron chi connectivity index (χ1n) is 12.6. The summed E-state index contributed by atoms with van der Waals surface area (Å²) in [7, 11) is 0. The molecule has 1 saturated carbocycles. The number of halogens is 2. The summed E-state index contributed by atoms with van der Waals surface area (Å²) in [6, 6.07) is 8.17. The number of ether oxygens (including phenoxy) is 2. The third-order valence-electron chi connectivity index (χ3n) is 7.14. The van der Waals surface area contributed by atoms with E-state index in [-0.39, 0.29) is 39.1 Å². The first kappa shape index (κ1) is 28.4. The van der Waals surface area contributed by atoms with Crippen LogP contribution in [0.15, 0.2) is 33.9 Å². The van der Waals surface area contributed by atoms with E-state index in [1.807, 2.05) is 6.07 Å². The van der Waals surface area contributed by atoms with Gasteiger partial charge in [-0.1, -0.05) is 37.5 Å². The van der Waals surface area contributed by atoms with E-state index in [2.05, 4.69) is 0 Å². The number of nitrogens with zero attached hydrogens (tertiary/aromatic N) is 3. The highest BCUT2D eigenvalue weighted by Gasteiger charge is 2.36. The molecule has 0 aliphatic heterocycles. The van der Waals surface area contributed by atoms with Crippen molar-refractivity contribution in [2.24, 2.45) is 0 Å². The number of benzene rings is 1. The Kier molecular flexibility index (Phi) is 8.23. The van der Waals surface area contributed by atoms with Crippen molar-refractivity contribution < 1.29 is 28.2 Å². The normalized spacial score (nSPS) is 15.4. The second-order valence-corrected chi connectivity index (χ2v) is 11.0. The van der Waals surface area contributed by atoms with Gasteiger partial charge in [0.2, 0.25) is 0 Å². The molecule has 1 aromatic carbocycles. The van der Waals surface area contributed by atoms with Gasteiger partial charge in [-0.25, -0.2) is 14.2 Å². The maximum absolute atomic E-state index is 13.9. The average molecular weight is 562 g/mol. The van der Waals surface area contributed by atoms with Crippen LogP contribution in [0.25, 0.3) is 10.2 Å². The number of nitriles is 1. The Hall–Kier alpha value is -3.56. The van der Waals surface area contributed by atoms with Gasteiger partial charge in [-0.05, 0) is 45.2 Å². The van der Waals surface area contributed by atoms with Crippen molar-refractivity contribution in [3.63, 3.8) is 0 Å². The smallest absolute Gasteiger partial charge is 0.387 e. The van der Waals surface area contributed by atoms with Crippen molar-refractivity contribution in [1.82, 2.24) is 9.13 Å². The van der Waals surface area contributed by atoms with Crippen LogP contribution in [0.1, 0.15) is 68.1 Å². The highest BCUT2D eigenvalue weighted by molar-refractivity contribution is 7.19. The number of aryl methyl sites for hydroxylation is 1. The van der Waals surface area contributed by atoms with Crippen molar-refractivity contribution >= 4 is 27.5 Å². The Bertz CT molecular complexity index is 1550. The third kappa shape index (κ3) is 5.46. The van der Waals surface area contributed by atoms with Gasteiger partial charge in [0.05, 0.1) is 18.0 Å². The minimum Gasteiger partial charge on any atom is -0.480 e. The predicted octanol–water partition coefficient (Wildman–Crippen LogP) is 4.92. The lowest BCUT2D eigenvalue weighted by Crippen LogP contribution is -2.52. The molecule has 0 saturated heterocycles. The molecule has 1 atom stereocenters. The Morgan fingerprint density at radius 3 is 2.51 bits per heavy atom. The van der Waals surface area contributed by atoms with E-state index in [0.717, 1.165) is 43.4 Å². The van der Waals surface area contributed by atoms with Crippen LogP contribution < -0.4 is 16.0 Å². The molecule has 0 bridgehead atoms. The quantitative estimate of drug-likeness (QED) is 0.393. The Morgan fingerprint density at radius 2 is 1.90 bits per heavy atom. The maximum atomic E-state index is 13.9. The largest absolute Gasteiger partial charge is 0.480 e. The summed E-state index contributed by atoms with van der Waals surface area (Å²) in [4.78, 5) is 39.9. The average Bonchev–Trinajstić information content (AvgIpc) is 3.22. The minimum atomic E-state index is -3.09. The molecule has 1 fully saturated rings. The van der Waals surface area contributed by atoms with Crippen LogP contribution in [-0.4, -0.2) is 32.9 Å². The van der Waals surface area contributed by atoms with Crippen LogP contribution in [0, 0.1) is 18.3 Å². The number of aromatic nitrogens is 2. The van der Waals surface area contributed by atoms with Gasteiger partial charge >= 0.3 is 18.3 Å². The predicted molar refractivity (Wildman–Crippen MR) is 141 cm³/mol. The molecule has 0 radical (unpaired) electrons. The molecular weight excluding hydrogens is 532 g/mol. The molecular formula is C27H29F2N3O6S. The Labute approximate surface area is 226 Å². The van der Waals surface area contributed by atoms with Gasteiger partial charge < -0.3 is 14.6 Å². The first-order valence-corrected chi connectivity index (χ1v) is 13.4. The molecule has 9 nitrogen and oxygen atoms in total. The minimum absolute atomic E-state index is 0.0546. The van der Waals surface area contributed by atoms with Gasteiger partial charge in [0.25, 0.3) is 5.56 Å². The molecule has 0 amide bonds. The zero-order valence-corrected chi connectivity index (χ0v) is 22.6. The van der Waals surface area contributed by atoms with E-state index >= 15 is 0 Å². The molecule has 1 unspecified atom stereocenters. The van der Waals surface area contributed by atoms with Crippen LogP contribution >= 0.6 is 11.3 Å². The number of fused-ring (bicyclic) bond motifs is 1.